The molecule has 1 aliphatic heterocycles. The molecular formula is C18H21FN2O3. The van der Waals surface area contributed by atoms with Crippen LogP contribution in [0.15, 0.2) is 30.5 Å². The number of aromatic nitrogens is 1. The fraction of sp³-hybridized carbons (Fsp3) is 0.444. The van der Waals surface area contributed by atoms with Gasteiger partial charge >= 0.3 is 0 Å². The summed E-state index contributed by atoms with van der Waals surface area (Å²) in [5, 5.41) is 9.39. The minimum atomic E-state index is -0.338. The molecular weight excluding hydrogens is 311 g/mol. The van der Waals surface area contributed by atoms with Crippen molar-refractivity contribution in [3.63, 3.8) is 0 Å². The van der Waals surface area contributed by atoms with Crippen LogP contribution in [-0.4, -0.2) is 53.3 Å². The SMILES string of the molecule is O=C(c1cnc2ccc(F)cc2c1)N1CCC(OCCCO)CC1. The van der Waals surface area contributed by atoms with Gasteiger partial charge in [-0.25, -0.2) is 4.39 Å². The summed E-state index contributed by atoms with van der Waals surface area (Å²) in [7, 11) is 0. The number of fused-ring (bicyclic) bond motifs is 1. The summed E-state index contributed by atoms with van der Waals surface area (Å²) in [6.07, 6.45) is 3.90. The van der Waals surface area contributed by atoms with Crippen LogP contribution >= 0.6 is 0 Å². The molecule has 1 N–H and O–H groups in total. The number of aliphatic hydroxyl groups excluding tert-OH is 1. The summed E-state index contributed by atoms with van der Waals surface area (Å²) in [5.74, 6) is -0.419. The lowest BCUT2D eigenvalue weighted by molar-refractivity contribution is 0.00397. The van der Waals surface area contributed by atoms with Crippen molar-refractivity contribution in [2.45, 2.75) is 25.4 Å². The Hall–Kier alpha value is -2.05. The van der Waals surface area contributed by atoms with Crippen LogP contribution in [0.3, 0.4) is 0 Å². The number of halogens is 1. The van der Waals surface area contributed by atoms with E-state index in [4.69, 9.17) is 9.84 Å². The van der Waals surface area contributed by atoms with Crippen molar-refractivity contribution in [3.05, 3.63) is 41.8 Å². The van der Waals surface area contributed by atoms with Crippen LogP contribution in [0.25, 0.3) is 10.9 Å². The van der Waals surface area contributed by atoms with E-state index in [0.717, 1.165) is 12.8 Å². The van der Waals surface area contributed by atoms with Gasteiger partial charge < -0.3 is 14.7 Å². The summed E-state index contributed by atoms with van der Waals surface area (Å²) in [6.45, 7) is 1.94. The molecule has 0 spiro atoms. The van der Waals surface area contributed by atoms with Gasteiger partial charge in [-0.05, 0) is 43.5 Å². The standard InChI is InChI=1S/C18H21FN2O3/c19-15-2-3-17-13(11-15)10-14(12-20-17)18(23)21-6-4-16(5-7-21)24-9-1-8-22/h2-3,10-12,16,22H,1,4-9H2. The first-order valence-electron chi connectivity index (χ1n) is 8.24. The second-order valence-electron chi connectivity index (χ2n) is 6.00. The van der Waals surface area contributed by atoms with Gasteiger partial charge in [0.25, 0.3) is 5.91 Å². The summed E-state index contributed by atoms with van der Waals surface area (Å²) >= 11 is 0. The number of aliphatic hydroxyl groups is 1. The topological polar surface area (TPSA) is 62.7 Å². The van der Waals surface area contributed by atoms with Gasteiger partial charge in [-0.3, -0.25) is 9.78 Å². The maximum Gasteiger partial charge on any atom is 0.255 e. The van der Waals surface area contributed by atoms with E-state index in [2.05, 4.69) is 4.98 Å². The molecule has 0 unspecified atom stereocenters. The van der Waals surface area contributed by atoms with Gasteiger partial charge in [0.15, 0.2) is 0 Å². The van der Waals surface area contributed by atoms with Crippen LogP contribution in [-0.2, 0) is 4.74 Å². The fourth-order valence-corrected chi connectivity index (χ4v) is 2.94. The molecule has 128 valence electrons. The monoisotopic (exact) mass is 332 g/mol. The predicted octanol–water partition coefficient (Wildman–Crippen LogP) is 2.38. The zero-order valence-corrected chi connectivity index (χ0v) is 13.4. The molecule has 1 aromatic carbocycles. The Morgan fingerprint density at radius 1 is 1.33 bits per heavy atom. The number of likely N-dealkylation sites (tertiary alicyclic amines) is 1. The predicted molar refractivity (Wildman–Crippen MR) is 88.3 cm³/mol. The maximum absolute atomic E-state index is 13.3. The number of nitrogens with zero attached hydrogens (tertiary/aromatic N) is 2. The van der Waals surface area contributed by atoms with Gasteiger partial charge in [0.05, 0.1) is 17.2 Å². The van der Waals surface area contributed by atoms with Crippen molar-refractivity contribution in [2.75, 3.05) is 26.3 Å². The van der Waals surface area contributed by atoms with Crippen LogP contribution in [0.4, 0.5) is 4.39 Å². The molecule has 6 heteroatoms. The fourth-order valence-electron chi connectivity index (χ4n) is 2.94. The minimum absolute atomic E-state index is 0.0810. The highest BCUT2D eigenvalue weighted by Gasteiger charge is 2.24. The van der Waals surface area contributed by atoms with Gasteiger partial charge in [-0.15, -0.1) is 0 Å². The Balaban J connectivity index is 1.63. The highest BCUT2D eigenvalue weighted by molar-refractivity contribution is 5.97. The van der Waals surface area contributed by atoms with Gasteiger partial charge in [-0.2, -0.15) is 0 Å². The highest BCUT2D eigenvalue weighted by atomic mass is 19.1. The van der Waals surface area contributed by atoms with E-state index in [1.807, 2.05) is 0 Å². The quantitative estimate of drug-likeness (QED) is 0.854. The normalized spacial score (nSPS) is 15.8. The molecule has 2 heterocycles. The van der Waals surface area contributed by atoms with Gasteiger partial charge in [0.2, 0.25) is 0 Å². The average Bonchev–Trinajstić information content (AvgIpc) is 2.61. The van der Waals surface area contributed by atoms with Crippen molar-refractivity contribution in [1.29, 1.82) is 0 Å². The van der Waals surface area contributed by atoms with Crippen LogP contribution in [0.1, 0.15) is 29.6 Å². The molecule has 5 nitrogen and oxygen atoms in total. The Kier molecular flexibility index (Phi) is 5.37. The van der Waals surface area contributed by atoms with E-state index >= 15 is 0 Å². The largest absolute Gasteiger partial charge is 0.396 e. The average molecular weight is 332 g/mol. The number of hydrogen-bond donors (Lipinski definition) is 1. The minimum Gasteiger partial charge on any atom is -0.396 e. The zero-order chi connectivity index (χ0) is 16.9. The van der Waals surface area contributed by atoms with E-state index in [0.29, 0.717) is 42.6 Å². The molecule has 0 saturated carbocycles. The summed E-state index contributed by atoms with van der Waals surface area (Å²) in [6, 6.07) is 6.05. The van der Waals surface area contributed by atoms with Gasteiger partial charge in [0, 0.05) is 37.9 Å². The summed E-state index contributed by atoms with van der Waals surface area (Å²) in [4.78, 5) is 18.6. The number of carbonyl (C=O) groups is 1. The van der Waals surface area contributed by atoms with Crippen molar-refractivity contribution in [3.8, 4) is 0 Å². The van der Waals surface area contributed by atoms with E-state index < -0.39 is 0 Å². The zero-order valence-electron chi connectivity index (χ0n) is 13.4. The molecule has 1 fully saturated rings. The molecule has 0 bridgehead atoms. The lowest BCUT2D eigenvalue weighted by Gasteiger charge is -2.32. The molecule has 3 rings (SSSR count). The van der Waals surface area contributed by atoms with Crippen LogP contribution in [0, 0.1) is 5.82 Å². The lowest BCUT2D eigenvalue weighted by atomic mass is 10.1. The summed E-state index contributed by atoms with van der Waals surface area (Å²) in [5.41, 5.74) is 1.15. The van der Waals surface area contributed by atoms with Crippen molar-refractivity contribution < 1.29 is 19.0 Å². The van der Waals surface area contributed by atoms with E-state index in [1.165, 1.54) is 12.1 Å². The highest BCUT2D eigenvalue weighted by Crippen LogP contribution is 2.19. The maximum atomic E-state index is 13.3. The first kappa shape index (κ1) is 16.8. The molecule has 1 saturated heterocycles. The third kappa shape index (κ3) is 3.88. The number of rotatable bonds is 5. The number of benzene rings is 1. The lowest BCUT2D eigenvalue weighted by Crippen LogP contribution is -2.41. The molecule has 0 atom stereocenters. The number of piperidine rings is 1. The molecule has 0 aliphatic carbocycles. The third-order valence-corrected chi connectivity index (χ3v) is 4.28. The van der Waals surface area contributed by atoms with Crippen molar-refractivity contribution in [2.24, 2.45) is 0 Å². The van der Waals surface area contributed by atoms with Gasteiger partial charge in [-0.1, -0.05) is 0 Å². The van der Waals surface area contributed by atoms with Crippen LogP contribution in [0.5, 0.6) is 0 Å². The first-order chi connectivity index (χ1) is 11.7. The van der Waals surface area contributed by atoms with E-state index in [-0.39, 0.29) is 24.4 Å². The van der Waals surface area contributed by atoms with Crippen molar-refractivity contribution >= 4 is 16.8 Å². The number of amides is 1. The second-order valence-corrected chi connectivity index (χ2v) is 6.00. The number of ether oxygens (including phenoxy) is 1. The van der Waals surface area contributed by atoms with Crippen LogP contribution < -0.4 is 0 Å². The smallest absolute Gasteiger partial charge is 0.255 e. The number of hydrogen-bond acceptors (Lipinski definition) is 4. The molecule has 2 aromatic rings. The van der Waals surface area contributed by atoms with Crippen molar-refractivity contribution in [1.82, 2.24) is 9.88 Å². The summed E-state index contributed by atoms with van der Waals surface area (Å²) < 4.78 is 19.0. The molecule has 1 aliphatic rings. The molecule has 1 amide bonds. The number of pyridine rings is 1. The van der Waals surface area contributed by atoms with E-state index in [1.54, 1.807) is 23.2 Å². The Morgan fingerprint density at radius 3 is 2.88 bits per heavy atom. The molecule has 1 aromatic heterocycles. The number of carbonyl (C=O) groups excluding carboxylic acids is 1. The Labute approximate surface area is 140 Å². The Bertz CT molecular complexity index is 714. The first-order valence-corrected chi connectivity index (χ1v) is 8.24. The molecule has 24 heavy (non-hydrogen) atoms. The Morgan fingerprint density at radius 2 is 2.12 bits per heavy atom. The van der Waals surface area contributed by atoms with E-state index in [9.17, 15) is 9.18 Å². The van der Waals surface area contributed by atoms with Crippen LogP contribution in [0.2, 0.25) is 0 Å². The second kappa shape index (κ2) is 7.68. The molecule has 0 radical (unpaired) electrons. The third-order valence-electron chi connectivity index (χ3n) is 4.28. The van der Waals surface area contributed by atoms with Gasteiger partial charge in [0.1, 0.15) is 5.82 Å².